The van der Waals surface area contributed by atoms with Crippen LogP contribution in [0.2, 0.25) is 0 Å². The molecule has 18 nitrogen and oxygen atoms in total. The van der Waals surface area contributed by atoms with Gasteiger partial charge in [-0.1, -0.05) is 25.5 Å². The van der Waals surface area contributed by atoms with Crippen LogP contribution in [-0.4, -0.2) is 68.9 Å². The van der Waals surface area contributed by atoms with Crippen molar-refractivity contribution >= 4 is 68.6 Å². The zero-order chi connectivity index (χ0) is 44.1. The third kappa shape index (κ3) is 8.39. The quantitative estimate of drug-likeness (QED) is 0.0547. The van der Waals surface area contributed by atoms with Gasteiger partial charge >= 0.3 is 0 Å². The molecule has 6 N–H and O–H groups in total. The highest BCUT2D eigenvalue weighted by molar-refractivity contribution is 6.14. The van der Waals surface area contributed by atoms with Crippen molar-refractivity contribution in [3.8, 4) is 5.75 Å². The van der Waals surface area contributed by atoms with Crippen LogP contribution in [0, 0.1) is 32.6 Å². The lowest BCUT2D eigenvalue weighted by Gasteiger charge is -2.13. The molecule has 5 heterocycles. The van der Waals surface area contributed by atoms with Crippen LogP contribution in [0.4, 0.5) is 11.9 Å². The molecule has 7 aromatic rings. The minimum Gasteiger partial charge on any atom is -0.491 e. The van der Waals surface area contributed by atoms with E-state index in [1.165, 1.54) is 0 Å². The van der Waals surface area contributed by atoms with Crippen molar-refractivity contribution in [2.75, 3.05) is 17.2 Å². The van der Waals surface area contributed by atoms with Crippen LogP contribution in [0.5, 0.6) is 5.75 Å². The molecule has 0 atom stereocenters. The molecule has 5 aromatic heterocycles. The molecule has 0 radical (unpaired) electrons. The molecular weight excluding hydrogens is 805 g/mol. The van der Waals surface area contributed by atoms with Crippen molar-refractivity contribution in [2.45, 2.75) is 92.4 Å². The number of carbonyl (C=O) groups is 4. The first kappa shape index (κ1) is 41.1. The second kappa shape index (κ2) is 16.6. The fourth-order valence-corrected chi connectivity index (χ4v) is 8.00. The number of nitrogens with two attached hydrogens (primary N) is 2. The Hall–Kier alpha value is -7.24. The molecular formula is C45H50N12O6. The summed E-state index contributed by atoms with van der Waals surface area (Å²) < 4.78 is 19.4. The summed E-state index contributed by atoms with van der Waals surface area (Å²) in [5.41, 5.74) is 16.6. The fourth-order valence-electron chi connectivity index (χ4n) is 8.00. The van der Waals surface area contributed by atoms with E-state index in [9.17, 15) is 19.2 Å². The summed E-state index contributed by atoms with van der Waals surface area (Å²) in [5, 5.41) is 15.8. The number of nitrogens with zero attached hydrogens (tertiary/aromatic N) is 8. The maximum absolute atomic E-state index is 14.0. The summed E-state index contributed by atoms with van der Waals surface area (Å²) in [4.78, 5) is 62.8. The predicted octanol–water partition coefficient (Wildman–Crippen LogP) is 6.41. The van der Waals surface area contributed by atoms with E-state index >= 15 is 0 Å². The third-order valence-corrected chi connectivity index (χ3v) is 11.5. The highest BCUT2D eigenvalue weighted by Gasteiger charge is 2.28. The normalized spacial score (nSPS) is 14.1. The molecule has 0 bridgehead atoms. The van der Waals surface area contributed by atoms with Gasteiger partial charge in [-0.3, -0.25) is 39.2 Å². The molecule has 0 saturated heterocycles. The largest absolute Gasteiger partial charge is 0.491 e. The van der Waals surface area contributed by atoms with Crippen molar-refractivity contribution in [3.05, 3.63) is 88.2 Å². The number of unbranched alkanes of at least 4 members (excludes halogenated alkanes) is 1. The number of fused-ring (bicyclic) bond motifs is 4. The molecule has 2 saturated carbocycles. The number of primary amides is 2. The molecule has 4 amide bonds. The van der Waals surface area contributed by atoms with Crippen LogP contribution >= 0.6 is 0 Å². The highest BCUT2D eigenvalue weighted by Crippen LogP contribution is 2.36. The molecule has 0 spiro atoms. The smallest absolute Gasteiger partial charge is 0.276 e. The molecule has 2 aliphatic carbocycles. The topological polar surface area (TPSA) is 238 Å². The predicted molar refractivity (Wildman–Crippen MR) is 236 cm³/mol. The molecule has 2 aromatic carbocycles. The Morgan fingerprint density at radius 3 is 1.84 bits per heavy atom. The van der Waals surface area contributed by atoms with Crippen LogP contribution in [0.3, 0.4) is 0 Å². The summed E-state index contributed by atoms with van der Waals surface area (Å²) in [7, 11) is 0. The Morgan fingerprint density at radius 2 is 1.32 bits per heavy atom. The Kier molecular flexibility index (Phi) is 10.8. The van der Waals surface area contributed by atoms with Crippen molar-refractivity contribution in [1.82, 2.24) is 38.7 Å². The number of furan rings is 1. The zero-order valence-electron chi connectivity index (χ0n) is 35.7. The third-order valence-electron chi connectivity index (χ3n) is 11.5. The van der Waals surface area contributed by atoms with Crippen LogP contribution in [0.25, 0.3) is 33.0 Å². The number of aryl methyl sites for hydroxylation is 3. The molecule has 0 aliphatic heterocycles. The van der Waals surface area contributed by atoms with E-state index in [0.717, 1.165) is 49.9 Å². The first-order chi connectivity index (χ1) is 30.3. The summed E-state index contributed by atoms with van der Waals surface area (Å²) in [5.74, 6) is 0.337. The number of carbonyl (C=O) groups excluding carboxylic acids is 4. The Bertz CT molecular complexity index is 2990. The van der Waals surface area contributed by atoms with Crippen LogP contribution < -0.4 is 26.8 Å². The van der Waals surface area contributed by atoms with Gasteiger partial charge in [0.15, 0.2) is 0 Å². The lowest BCUT2D eigenvalue weighted by atomic mass is 10.1. The first-order valence-electron chi connectivity index (χ1n) is 21.4. The van der Waals surface area contributed by atoms with Gasteiger partial charge in [0.1, 0.15) is 34.0 Å². The van der Waals surface area contributed by atoms with Gasteiger partial charge in [0.25, 0.3) is 17.7 Å². The van der Waals surface area contributed by atoms with E-state index in [1.807, 2.05) is 41.2 Å². The van der Waals surface area contributed by atoms with E-state index in [2.05, 4.69) is 27.8 Å². The highest BCUT2D eigenvalue weighted by atomic mass is 16.5. The number of hydrogen-bond donors (Lipinski definition) is 4. The van der Waals surface area contributed by atoms with Gasteiger partial charge in [0, 0.05) is 37.1 Å². The number of amides is 4. The molecule has 18 heteroatoms. The van der Waals surface area contributed by atoms with E-state index < -0.39 is 11.8 Å². The second-order valence-corrected chi connectivity index (χ2v) is 16.7. The molecule has 326 valence electrons. The van der Waals surface area contributed by atoms with Gasteiger partial charge < -0.3 is 29.8 Å². The lowest BCUT2D eigenvalue weighted by molar-refractivity contribution is 0.0992. The summed E-state index contributed by atoms with van der Waals surface area (Å²) in [6.07, 6.45) is 9.85. The van der Waals surface area contributed by atoms with Gasteiger partial charge in [-0.05, 0) is 101 Å². The van der Waals surface area contributed by atoms with Gasteiger partial charge in [-0.15, -0.1) is 0 Å². The maximum atomic E-state index is 14.0. The Balaban J connectivity index is 1.10. The number of anilines is 2. The van der Waals surface area contributed by atoms with Crippen LogP contribution in [0.15, 0.2) is 53.0 Å². The summed E-state index contributed by atoms with van der Waals surface area (Å²) >= 11 is 0. The lowest BCUT2D eigenvalue weighted by Crippen LogP contribution is -2.21. The van der Waals surface area contributed by atoms with E-state index in [-0.39, 0.29) is 47.9 Å². The van der Waals surface area contributed by atoms with Crippen molar-refractivity contribution in [3.63, 3.8) is 0 Å². The molecule has 63 heavy (non-hydrogen) atoms. The van der Waals surface area contributed by atoms with Gasteiger partial charge in [-0.25, -0.2) is 9.97 Å². The van der Waals surface area contributed by atoms with Gasteiger partial charge in [0.05, 0.1) is 40.1 Å². The number of hydrogen-bond acceptors (Lipinski definition) is 10. The van der Waals surface area contributed by atoms with Crippen molar-refractivity contribution in [2.24, 2.45) is 23.3 Å². The van der Waals surface area contributed by atoms with Gasteiger partial charge in [-0.2, -0.15) is 10.2 Å². The standard InChI is InChI=1S/C45H50N12O6/c1-5-6-15-62-36-20-29(40(46)58)19-32-38(36)55(45(48-32)51-43(61)35-17-25(3)53-57(35)23-28-11-12-28)14-8-7-13-54-37-30-18-26(4)63-39(30)31(41(47)59)21-33(37)49-44(54)50-42(60)34-16-24(2)52-56(34)22-27-9-10-27/h7-8,16-21,27-28H,5-6,9-15,22-23H2,1-4H3,(H2,46,58)(H2,47,59)(H,48,51,61)(H,49,50,60)/b8-7+. The summed E-state index contributed by atoms with van der Waals surface area (Å²) in [6, 6.07) is 10.1. The van der Waals surface area contributed by atoms with E-state index in [0.29, 0.717) is 87.5 Å². The van der Waals surface area contributed by atoms with Crippen LogP contribution in [-0.2, 0) is 26.2 Å². The average Bonchev–Trinajstić information content (AvgIpc) is 4.02. The monoisotopic (exact) mass is 854 g/mol. The minimum atomic E-state index is -0.672. The molecule has 0 unspecified atom stereocenters. The van der Waals surface area contributed by atoms with Gasteiger partial charge in [0.2, 0.25) is 17.8 Å². The molecule has 2 fully saturated rings. The van der Waals surface area contributed by atoms with E-state index in [1.54, 1.807) is 46.6 Å². The number of rotatable bonds is 18. The number of nitrogens with one attached hydrogen (secondary N) is 2. The fraction of sp³-hybridized carbons (Fsp3) is 0.378. The van der Waals surface area contributed by atoms with Crippen molar-refractivity contribution in [1.29, 1.82) is 0 Å². The van der Waals surface area contributed by atoms with Crippen molar-refractivity contribution < 1.29 is 28.3 Å². The first-order valence-corrected chi connectivity index (χ1v) is 21.4. The Morgan fingerprint density at radius 1 is 0.762 bits per heavy atom. The van der Waals surface area contributed by atoms with E-state index in [4.69, 9.17) is 30.6 Å². The number of allylic oxidation sites excluding steroid dienone is 2. The number of aromatic nitrogens is 8. The molecule has 9 rings (SSSR count). The van der Waals surface area contributed by atoms with Crippen LogP contribution in [0.1, 0.15) is 104 Å². The second-order valence-electron chi connectivity index (χ2n) is 16.7. The zero-order valence-corrected chi connectivity index (χ0v) is 35.7. The average molecular weight is 855 g/mol. The number of benzene rings is 2. The number of imidazole rings is 2. The Labute approximate surface area is 361 Å². The minimum absolute atomic E-state index is 0.172. The SMILES string of the molecule is CCCCOc1cc(C(N)=O)cc2nc(NC(=O)c3cc(C)nn3CC3CC3)n(C/C=C/Cn3c(NC(=O)c4cc(C)nn4CC4CC4)nc4cc(C(N)=O)c5oc(C)cc5c43)c12. The maximum Gasteiger partial charge on any atom is 0.276 e. The molecule has 2 aliphatic rings. The summed E-state index contributed by atoms with van der Waals surface area (Å²) in [6.45, 7) is 9.64. The number of ether oxygens (including phenoxy) is 1.